The molecule has 1 N–H and O–H groups in total. The third kappa shape index (κ3) is 4.03. The Morgan fingerprint density at radius 3 is 2.75 bits per heavy atom. The van der Waals surface area contributed by atoms with Crippen molar-refractivity contribution in [1.82, 2.24) is 10.2 Å². The zero-order chi connectivity index (χ0) is 14.4. The molecule has 1 unspecified atom stereocenters. The quantitative estimate of drug-likeness (QED) is 0.786. The van der Waals surface area contributed by atoms with Crippen LogP contribution < -0.4 is 5.32 Å². The molecule has 0 fully saturated rings. The summed E-state index contributed by atoms with van der Waals surface area (Å²) in [5, 5.41) is 3.39. The van der Waals surface area contributed by atoms with Crippen molar-refractivity contribution in [3.63, 3.8) is 0 Å². The molecule has 1 aromatic rings. The first-order valence-electron chi connectivity index (χ1n) is 7.28. The molecule has 1 heterocycles. The van der Waals surface area contributed by atoms with Crippen molar-refractivity contribution in [2.24, 2.45) is 0 Å². The van der Waals surface area contributed by atoms with Crippen molar-refractivity contribution in [3.8, 4) is 0 Å². The lowest BCUT2D eigenvalue weighted by Gasteiger charge is -2.28. The van der Waals surface area contributed by atoms with E-state index in [0.717, 1.165) is 39.4 Å². The molecule has 0 spiro atoms. The van der Waals surface area contributed by atoms with Crippen LogP contribution in [0.2, 0.25) is 0 Å². The minimum Gasteiger partial charge on any atom is -0.383 e. The summed E-state index contributed by atoms with van der Waals surface area (Å²) in [4.78, 5) is 2.41. The molecule has 112 valence electrons. The summed E-state index contributed by atoms with van der Waals surface area (Å²) < 4.78 is 10.5. The van der Waals surface area contributed by atoms with Gasteiger partial charge in [0, 0.05) is 46.4 Å². The topological polar surface area (TPSA) is 33.7 Å². The molecule has 0 saturated carbocycles. The van der Waals surface area contributed by atoms with Crippen LogP contribution in [0, 0.1) is 0 Å². The number of benzene rings is 1. The predicted molar refractivity (Wildman–Crippen MR) is 80.6 cm³/mol. The first-order valence-corrected chi connectivity index (χ1v) is 7.28. The van der Waals surface area contributed by atoms with Crippen molar-refractivity contribution < 1.29 is 9.47 Å². The van der Waals surface area contributed by atoms with E-state index in [1.165, 1.54) is 16.7 Å². The summed E-state index contributed by atoms with van der Waals surface area (Å²) in [5.41, 5.74) is 4.24. The zero-order valence-corrected chi connectivity index (χ0v) is 12.8. The molecule has 0 saturated heterocycles. The van der Waals surface area contributed by atoms with Gasteiger partial charge in [0.2, 0.25) is 0 Å². The number of nitrogens with zero attached hydrogens (tertiary/aromatic N) is 1. The highest BCUT2D eigenvalue weighted by Crippen LogP contribution is 2.18. The third-order valence-electron chi connectivity index (χ3n) is 3.90. The van der Waals surface area contributed by atoms with Gasteiger partial charge in [0.05, 0.1) is 13.2 Å². The Kier molecular flexibility index (Phi) is 5.98. The zero-order valence-electron chi connectivity index (χ0n) is 12.8. The minimum atomic E-state index is 0.390. The van der Waals surface area contributed by atoms with E-state index >= 15 is 0 Å². The van der Waals surface area contributed by atoms with Gasteiger partial charge in [-0.1, -0.05) is 18.2 Å². The second-order valence-electron chi connectivity index (χ2n) is 5.47. The molecule has 0 aliphatic carbocycles. The Morgan fingerprint density at radius 2 is 2.00 bits per heavy atom. The molecule has 1 aliphatic heterocycles. The van der Waals surface area contributed by atoms with Crippen molar-refractivity contribution >= 4 is 0 Å². The van der Waals surface area contributed by atoms with Gasteiger partial charge in [0.25, 0.3) is 0 Å². The third-order valence-corrected chi connectivity index (χ3v) is 3.90. The van der Waals surface area contributed by atoms with Crippen LogP contribution in [-0.2, 0) is 29.1 Å². The molecule has 4 heteroatoms. The lowest BCUT2D eigenvalue weighted by atomic mass is 10.1. The molecule has 1 atom stereocenters. The maximum absolute atomic E-state index is 5.28. The van der Waals surface area contributed by atoms with Crippen LogP contribution in [0.3, 0.4) is 0 Å². The molecule has 20 heavy (non-hydrogen) atoms. The summed E-state index contributed by atoms with van der Waals surface area (Å²) in [6, 6.07) is 7.21. The number of methoxy groups -OCH3 is 2. The molecule has 1 aliphatic rings. The maximum Gasteiger partial charge on any atom is 0.0615 e. The van der Waals surface area contributed by atoms with Crippen molar-refractivity contribution in [3.05, 3.63) is 34.9 Å². The lowest BCUT2D eigenvalue weighted by molar-refractivity contribution is 0.0705. The summed E-state index contributed by atoms with van der Waals surface area (Å²) in [6.45, 7) is 7.57. The first-order chi connectivity index (χ1) is 9.74. The summed E-state index contributed by atoms with van der Waals surface area (Å²) in [5.74, 6) is 0. The SMILES string of the molecule is COCCN(Cc1ccc2c(c1)CNC2)C(C)COC. The highest BCUT2D eigenvalue weighted by Gasteiger charge is 2.16. The largest absolute Gasteiger partial charge is 0.383 e. The van der Waals surface area contributed by atoms with Crippen molar-refractivity contribution in [2.45, 2.75) is 32.6 Å². The minimum absolute atomic E-state index is 0.390. The highest BCUT2D eigenvalue weighted by atomic mass is 16.5. The molecule has 0 aromatic heterocycles. The Morgan fingerprint density at radius 1 is 1.20 bits per heavy atom. The van der Waals surface area contributed by atoms with Gasteiger partial charge in [-0.2, -0.15) is 0 Å². The Labute approximate surface area is 122 Å². The van der Waals surface area contributed by atoms with Gasteiger partial charge >= 0.3 is 0 Å². The first kappa shape index (κ1) is 15.4. The Hall–Kier alpha value is -0.940. The fraction of sp³-hybridized carbons (Fsp3) is 0.625. The van der Waals surface area contributed by atoms with Gasteiger partial charge in [-0.05, 0) is 23.6 Å². The molecular weight excluding hydrogens is 252 g/mol. The van der Waals surface area contributed by atoms with Crippen molar-refractivity contribution in [1.29, 1.82) is 0 Å². The maximum atomic E-state index is 5.28. The second kappa shape index (κ2) is 7.74. The normalized spacial score (nSPS) is 15.6. The Balaban J connectivity index is 2.02. The van der Waals surface area contributed by atoms with Crippen LogP contribution in [0.25, 0.3) is 0 Å². The molecule has 1 aromatic carbocycles. The van der Waals surface area contributed by atoms with Crippen LogP contribution >= 0.6 is 0 Å². The van der Waals surface area contributed by atoms with Gasteiger partial charge in [-0.25, -0.2) is 0 Å². The predicted octanol–water partition coefficient (Wildman–Crippen LogP) is 1.77. The van der Waals surface area contributed by atoms with E-state index in [-0.39, 0.29) is 0 Å². The van der Waals surface area contributed by atoms with E-state index < -0.39 is 0 Å². The van der Waals surface area contributed by atoms with Gasteiger partial charge in [-0.15, -0.1) is 0 Å². The fourth-order valence-electron chi connectivity index (χ4n) is 2.69. The van der Waals surface area contributed by atoms with Gasteiger partial charge in [0.15, 0.2) is 0 Å². The van der Waals surface area contributed by atoms with Gasteiger partial charge in [-0.3, -0.25) is 4.90 Å². The summed E-state index contributed by atoms with van der Waals surface area (Å²) >= 11 is 0. The van der Waals surface area contributed by atoms with Crippen LogP contribution in [0.15, 0.2) is 18.2 Å². The highest BCUT2D eigenvalue weighted by molar-refractivity contribution is 5.34. The molecule has 0 bridgehead atoms. The van der Waals surface area contributed by atoms with E-state index in [1.807, 2.05) is 0 Å². The van der Waals surface area contributed by atoms with Crippen molar-refractivity contribution in [2.75, 3.05) is 34.0 Å². The fourth-order valence-corrected chi connectivity index (χ4v) is 2.69. The number of hydrogen-bond donors (Lipinski definition) is 1. The van der Waals surface area contributed by atoms with Crippen LogP contribution in [0.5, 0.6) is 0 Å². The van der Waals surface area contributed by atoms with E-state index in [9.17, 15) is 0 Å². The van der Waals surface area contributed by atoms with Gasteiger partial charge in [0.1, 0.15) is 0 Å². The average molecular weight is 278 g/mol. The second-order valence-corrected chi connectivity index (χ2v) is 5.47. The Bertz CT molecular complexity index is 423. The van der Waals surface area contributed by atoms with E-state index in [1.54, 1.807) is 14.2 Å². The summed E-state index contributed by atoms with van der Waals surface area (Å²) in [6.07, 6.45) is 0. The molecular formula is C16H26N2O2. The monoisotopic (exact) mass is 278 g/mol. The van der Waals surface area contributed by atoms with Crippen LogP contribution in [0.1, 0.15) is 23.6 Å². The molecule has 2 rings (SSSR count). The number of nitrogens with one attached hydrogen (secondary N) is 1. The lowest BCUT2D eigenvalue weighted by Crippen LogP contribution is -2.38. The number of fused-ring (bicyclic) bond motifs is 1. The number of rotatable bonds is 8. The smallest absolute Gasteiger partial charge is 0.0615 e. The van der Waals surface area contributed by atoms with Gasteiger partial charge < -0.3 is 14.8 Å². The molecule has 0 amide bonds. The number of ether oxygens (including phenoxy) is 2. The van der Waals surface area contributed by atoms with Crippen LogP contribution in [0.4, 0.5) is 0 Å². The number of hydrogen-bond acceptors (Lipinski definition) is 4. The average Bonchev–Trinajstić information content (AvgIpc) is 2.91. The summed E-state index contributed by atoms with van der Waals surface area (Å²) in [7, 11) is 3.51. The van der Waals surface area contributed by atoms with E-state index in [2.05, 4.69) is 35.3 Å². The standard InChI is InChI=1S/C16H26N2O2/c1-13(12-20-3)18(6-7-19-2)11-14-4-5-15-9-17-10-16(15)8-14/h4-5,8,13,17H,6-7,9-12H2,1-3H3. The van der Waals surface area contributed by atoms with E-state index in [4.69, 9.17) is 9.47 Å². The molecule has 0 radical (unpaired) electrons. The molecule has 4 nitrogen and oxygen atoms in total. The van der Waals surface area contributed by atoms with Crippen LogP contribution in [-0.4, -0.2) is 44.9 Å². The van der Waals surface area contributed by atoms with E-state index in [0.29, 0.717) is 6.04 Å².